The van der Waals surface area contributed by atoms with Crippen molar-refractivity contribution in [2.75, 3.05) is 25.5 Å². The molecule has 0 radical (unpaired) electrons. The van der Waals surface area contributed by atoms with E-state index in [1.165, 1.54) is 48.5 Å². The number of amides is 2. The number of aromatic nitrogens is 2. The number of sulfonamides is 1. The smallest absolute Gasteiger partial charge is 0.251 e. The van der Waals surface area contributed by atoms with Gasteiger partial charge in [0.25, 0.3) is 5.91 Å². The van der Waals surface area contributed by atoms with Gasteiger partial charge in [0.1, 0.15) is 11.9 Å². The molecule has 1 aliphatic rings. The molecule has 1 fully saturated rings. The molecule has 0 spiro atoms. The van der Waals surface area contributed by atoms with Crippen LogP contribution in [0.1, 0.15) is 35.3 Å². The highest BCUT2D eigenvalue weighted by Gasteiger charge is 2.27. The molecule has 1 saturated heterocycles. The number of hydrogen-bond donors (Lipinski definition) is 3. The van der Waals surface area contributed by atoms with Crippen LogP contribution in [0.15, 0.2) is 65.7 Å². The first-order chi connectivity index (χ1) is 18.6. The van der Waals surface area contributed by atoms with E-state index >= 15 is 0 Å². The van der Waals surface area contributed by atoms with E-state index in [0.29, 0.717) is 17.8 Å². The molecule has 4 rings (SSSR count). The third-order valence-corrected chi connectivity index (χ3v) is 8.35. The molecule has 208 valence electrons. The van der Waals surface area contributed by atoms with Gasteiger partial charge in [-0.1, -0.05) is 0 Å². The van der Waals surface area contributed by atoms with E-state index in [4.69, 9.17) is 0 Å². The molecule has 3 N–H and O–H groups in total. The van der Waals surface area contributed by atoms with Gasteiger partial charge < -0.3 is 15.5 Å². The third kappa shape index (κ3) is 7.71. The van der Waals surface area contributed by atoms with E-state index in [1.807, 2.05) is 0 Å². The molecule has 0 bridgehead atoms. The van der Waals surface area contributed by atoms with Crippen LogP contribution >= 0.6 is 0 Å². The number of aryl methyl sites for hydroxylation is 1. The second kappa shape index (κ2) is 12.5. The zero-order chi connectivity index (χ0) is 28.0. The number of likely N-dealkylation sites (tertiary alicyclic amines) is 1. The summed E-state index contributed by atoms with van der Waals surface area (Å²) in [5.41, 5.74) is 1.36. The van der Waals surface area contributed by atoms with Crippen molar-refractivity contribution in [2.45, 2.75) is 36.7 Å². The number of nitrogens with one attached hydrogen (secondary N) is 3. The van der Waals surface area contributed by atoms with Crippen LogP contribution in [0.3, 0.4) is 0 Å². The minimum absolute atomic E-state index is 0.0511. The molecule has 1 aromatic heterocycles. The summed E-state index contributed by atoms with van der Waals surface area (Å²) in [4.78, 5) is 28.4. The maximum absolute atomic E-state index is 13.3. The van der Waals surface area contributed by atoms with Crippen molar-refractivity contribution >= 4 is 27.5 Å². The molecule has 0 saturated carbocycles. The number of hydrogen-bond acceptors (Lipinski definition) is 6. The number of carbonyl (C=O) groups is 2. The average Bonchev–Trinajstić information content (AvgIpc) is 3.33. The Morgan fingerprint density at radius 3 is 2.31 bits per heavy atom. The monoisotopic (exact) mass is 556 g/mol. The summed E-state index contributed by atoms with van der Waals surface area (Å²) in [5.74, 6) is -1.08. The standard InChI is InChI=1S/C27H33FN6O4S/c1-33-15-12-19(13-16-33)17-25(32-26(35)20-3-5-21(28)6-4-20)27(36)31-22-7-9-24(10-8-22)39(37,38)30-18-23-11-14-29-34(23)2/h3-11,14,19,25,30H,12-13,15-18H2,1-2H3,(H,31,36)(H,32,35)/t25-/m0/s1. The van der Waals surface area contributed by atoms with Crippen molar-refractivity contribution < 1.29 is 22.4 Å². The Morgan fingerprint density at radius 2 is 1.69 bits per heavy atom. The van der Waals surface area contributed by atoms with E-state index < -0.39 is 33.7 Å². The molecule has 2 heterocycles. The third-order valence-electron chi connectivity index (χ3n) is 6.93. The number of nitrogens with zero attached hydrogens (tertiary/aromatic N) is 3. The number of halogens is 1. The Morgan fingerprint density at radius 1 is 1.03 bits per heavy atom. The number of piperidine rings is 1. The molecular weight excluding hydrogens is 523 g/mol. The first-order valence-electron chi connectivity index (χ1n) is 12.7. The molecule has 0 aliphatic carbocycles. The van der Waals surface area contributed by atoms with E-state index in [2.05, 4.69) is 32.4 Å². The van der Waals surface area contributed by atoms with Crippen molar-refractivity contribution in [1.82, 2.24) is 24.7 Å². The minimum Gasteiger partial charge on any atom is -0.340 e. The Kier molecular flexibility index (Phi) is 9.10. The van der Waals surface area contributed by atoms with Gasteiger partial charge in [-0.3, -0.25) is 14.3 Å². The van der Waals surface area contributed by atoms with Crippen molar-refractivity contribution in [3.63, 3.8) is 0 Å². The van der Waals surface area contributed by atoms with Crippen molar-refractivity contribution in [2.24, 2.45) is 13.0 Å². The van der Waals surface area contributed by atoms with Crippen LogP contribution in [0.5, 0.6) is 0 Å². The fourth-order valence-corrected chi connectivity index (χ4v) is 5.48. The maximum Gasteiger partial charge on any atom is 0.251 e. The molecule has 39 heavy (non-hydrogen) atoms. The van der Waals surface area contributed by atoms with Gasteiger partial charge >= 0.3 is 0 Å². The average molecular weight is 557 g/mol. The van der Waals surface area contributed by atoms with E-state index in [9.17, 15) is 22.4 Å². The predicted octanol–water partition coefficient (Wildman–Crippen LogP) is 2.51. The second-order valence-electron chi connectivity index (χ2n) is 9.80. The summed E-state index contributed by atoms with van der Waals surface area (Å²) in [5, 5.41) is 9.62. The van der Waals surface area contributed by atoms with Gasteiger partial charge in [0, 0.05) is 24.5 Å². The largest absolute Gasteiger partial charge is 0.340 e. The first kappa shape index (κ1) is 28.4. The Hall–Kier alpha value is -3.61. The van der Waals surface area contributed by atoms with Gasteiger partial charge in [0.05, 0.1) is 17.1 Å². The quantitative estimate of drug-likeness (QED) is 0.352. The minimum atomic E-state index is -3.78. The van der Waals surface area contributed by atoms with Crippen LogP contribution in [0.25, 0.3) is 0 Å². The fourth-order valence-electron chi connectivity index (χ4n) is 4.48. The van der Waals surface area contributed by atoms with Gasteiger partial charge in [-0.25, -0.2) is 17.5 Å². The number of carbonyl (C=O) groups excluding carboxylic acids is 2. The molecule has 0 unspecified atom stereocenters. The fraction of sp³-hybridized carbons (Fsp3) is 0.370. The predicted molar refractivity (Wildman–Crippen MR) is 145 cm³/mol. The first-order valence-corrected chi connectivity index (χ1v) is 14.2. The summed E-state index contributed by atoms with van der Waals surface area (Å²) >= 11 is 0. The SMILES string of the molecule is CN1CCC(C[C@H](NC(=O)c2ccc(F)cc2)C(=O)Nc2ccc(S(=O)(=O)NCc3ccnn3C)cc2)CC1. The van der Waals surface area contributed by atoms with Crippen LogP contribution in [-0.4, -0.2) is 61.1 Å². The summed E-state index contributed by atoms with van der Waals surface area (Å²) in [6, 6.07) is 11.9. The molecule has 12 heteroatoms. The lowest BCUT2D eigenvalue weighted by Crippen LogP contribution is -2.46. The molecule has 2 amide bonds. The summed E-state index contributed by atoms with van der Waals surface area (Å²) in [6.07, 6.45) is 3.86. The van der Waals surface area contributed by atoms with Gasteiger partial charge in [-0.05, 0) is 99.9 Å². The van der Waals surface area contributed by atoms with Crippen molar-refractivity contribution in [1.29, 1.82) is 0 Å². The number of benzene rings is 2. The molecule has 2 aromatic carbocycles. The second-order valence-corrected chi connectivity index (χ2v) is 11.6. The van der Waals surface area contributed by atoms with Gasteiger partial charge in [-0.2, -0.15) is 5.10 Å². The Bertz CT molecular complexity index is 1380. The highest BCUT2D eigenvalue weighted by atomic mass is 32.2. The summed E-state index contributed by atoms with van der Waals surface area (Å²) in [6.45, 7) is 1.91. The Labute approximate surface area is 227 Å². The zero-order valence-electron chi connectivity index (χ0n) is 21.9. The molecule has 3 aromatic rings. The van der Waals surface area contributed by atoms with Crippen LogP contribution < -0.4 is 15.4 Å². The highest BCUT2D eigenvalue weighted by molar-refractivity contribution is 7.89. The Balaban J connectivity index is 1.42. The normalized spacial score (nSPS) is 15.6. The molecule has 1 atom stereocenters. The zero-order valence-corrected chi connectivity index (χ0v) is 22.7. The summed E-state index contributed by atoms with van der Waals surface area (Å²) < 4.78 is 42.8. The van der Waals surface area contributed by atoms with Crippen LogP contribution in [0.4, 0.5) is 10.1 Å². The van der Waals surface area contributed by atoms with E-state index in [1.54, 1.807) is 24.0 Å². The van der Waals surface area contributed by atoms with Crippen LogP contribution in [0, 0.1) is 11.7 Å². The lowest BCUT2D eigenvalue weighted by Gasteiger charge is -2.31. The lowest BCUT2D eigenvalue weighted by atomic mass is 9.90. The molecule has 1 aliphatic heterocycles. The van der Waals surface area contributed by atoms with Crippen molar-refractivity contribution in [3.8, 4) is 0 Å². The van der Waals surface area contributed by atoms with Crippen molar-refractivity contribution in [3.05, 3.63) is 77.9 Å². The summed E-state index contributed by atoms with van der Waals surface area (Å²) in [7, 11) is -0.00355. The molecular formula is C27H33FN6O4S. The number of anilines is 1. The van der Waals surface area contributed by atoms with Gasteiger partial charge in [-0.15, -0.1) is 0 Å². The van der Waals surface area contributed by atoms with Gasteiger partial charge in [0.15, 0.2) is 0 Å². The van der Waals surface area contributed by atoms with Crippen LogP contribution in [-0.2, 0) is 28.4 Å². The lowest BCUT2D eigenvalue weighted by molar-refractivity contribution is -0.118. The molecule has 10 nitrogen and oxygen atoms in total. The van der Waals surface area contributed by atoms with E-state index in [0.717, 1.165) is 25.9 Å². The van der Waals surface area contributed by atoms with E-state index in [-0.39, 0.29) is 22.9 Å². The topological polar surface area (TPSA) is 125 Å². The van der Waals surface area contributed by atoms with Gasteiger partial charge in [0.2, 0.25) is 15.9 Å². The highest BCUT2D eigenvalue weighted by Crippen LogP contribution is 2.22. The number of rotatable bonds is 10. The maximum atomic E-state index is 13.3. The van der Waals surface area contributed by atoms with Crippen LogP contribution in [0.2, 0.25) is 0 Å².